The molecule has 3 aromatic rings. The lowest BCUT2D eigenvalue weighted by Gasteiger charge is -2.06. The van der Waals surface area contributed by atoms with Crippen LogP contribution in [-0.2, 0) is 6.54 Å². The third-order valence-corrected chi connectivity index (χ3v) is 3.24. The van der Waals surface area contributed by atoms with Crippen molar-refractivity contribution in [2.24, 2.45) is 0 Å². The number of hydrogen-bond donors (Lipinski definition) is 0. The molecule has 5 nitrogen and oxygen atoms in total. The fraction of sp³-hybridized carbons (Fsp3) is 0.0714. The lowest BCUT2D eigenvalue weighted by Crippen LogP contribution is -2.04. The first-order valence-corrected chi connectivity index (χ1v) is 6.28. The van der Waals surface area contributed by atoms with E-state index in [9.17, 15) is 0 Å². The Labute approximate surface area is 120 Å². The van der Waals surface area contributed by atoms with Gasteiger partial charge in [-0.15, -0.1) is 5.10 Å². The van der Waals surface area contributed by atoms with Gasteiger partial charge in [-0.3, -0.25) is 0 Å². The predicted molar refractivity (Wildman–Crippen MR) is 73.0 cm³/mol. The van der Waals surface area contributed by atoms with Crippen molar-refractivity contribution < 1.29 is 4.42 Å². The van der Waals surface area contributed by atoms with Crippen molar-refractivity contribution in [3.8, 4) is 17.5 Å². The summed E-state index contributed by atoms with van der Waals surface area (Å²) in [5.41, 5.74) is 1.68. The van der Waals surface area contributed by atoms with Gasteiger partial charge in [0.1, 0.15) is 11.8 Å². The number of aromatic nitrogens is 3. The van der Waals surface area contributed by atoms with Crippen LogP contribution in [0.5, 0.6) is 0 Å². The molecule has 0 amide bonds. The lowest BCUT2D eigenvalue weighted by atomic mass is 10.2. The van der Waals surface area contributed by atoms with E-state index >= 15 is 0 Å². The van der Waals surface area contributed by atoms with Crippen molar-refractivity contribution in [2.75, 3.05) is 0 Å². The molecule has 0 unspecified atom stereocenters. The topological polar surface area (TPSA) is 67.6 Å². The van der Waals surface area contributed by atoms with Crippen LogP contribution in [0.25, 0.3) is 11.5 Å². The molecule has 0 saturated carbocycles. The van der Waals surface area contributed by atoms with Gasteiger partial charge in [0.05, 0.1) is 12.8 Å². The van der Waals surface area contributed by atoms with Crippen LogP contribution in [0.4, 0.5) is 0 Å². The summed E-state index contributed by atoms with van der Waals surface area (Å²) in [7, 11) is 0. The molecule has 3 rings (SSSR count). The van der Waals surface area contributed by atoms with Crippen molar-refractivity contribution in [1.82, 2.24) is 15.0 Å². The highest BCUT2D eigenvalue weighted by molar-refractivity contribution is 6.31. The zero-order valence-electron chi connectivity index (χ0n) is 10.3. The minimum atomic E-state index is 0.229. The van der Waals surface area contributed by atoms with Crippen LogP contribution in [-0.4, -0.2) is 15.0 Å². The highest BCUT2D eigenvalue weighted by Gasteiger charge is 2.17. The molecule has 2 aromatic heterocycles. The number of benzene rings is 1. The molecular weight excluding hydrogens is 276 g/mol. The molecular formula is C14H9ClN4O. The van der Waals surface area contributed by atoms with Crippen LogP contribution in [0.1, 0.15) is 11.3 Å². The third kappa shape index (κ3) is 2.17. The van der Waals surface area contributed by atoms with Crippen molar-refractivity contribution in [3.05, 3.63) is 58.9 Å². The van der Waals surface area contributed by atoms with Gasteiger partial charge in [0.15, 0.2) is 11.5 Å². The Bertz CT molecular complexity index is 771. The van der Waals surface area contributed by atoms with Gasteiger partial charge in [-0.05, 0) is 23.8 Å². The minimum Gasteiger partial charge on any atom is -0.463 e. The number of rotatable bonds is 3. The first-order chi connectivity index (χ1) is 9.79. The summed E-state index contributed by atoms with van der Waals surface area (Å²) in [6, 6.07) is 13.0. The fourth-order valence-electron chi connectivity index (χ4n) is 1.94. The summed E-state index contributed by atoms with van der Waals surface area (Å²) >= 11 is 6.14. The summed E-state index contributed by atoms with van der Waals surface area (Å²) in [5, 5.41) is 17.6. The van der Waals surface area contributed by atoms with E-state index in [4.69, 9.17) is 21.3 Å². The van der Waals surface area contributed by atoms with E-state index in [0.717, 1.165) is 5.56 Å². The third-order valence-electron chi connectivity index (χ3n) is 2.87. The molecule has 1 aromatic carbocycles. The molecule has 0 aliphatic rings. The number of nitrogens with zero attached hydrogens (tertiary/aromatic N) is 4. The molecule has 0 saturated heterocycles. The standard InChI is InChI=1S/C14H9ClN4O/c15-11-5-2-1-4-10(11)9-19-14(12(8-16)17-18-19)13-6-3-7-20-13/h1-7H,9H2. The molecule has 0 aliphatic heterocycles. The zero-order valence-corrected chi connectivity index (χ0v) is 11.1. The number of hydrogen-bond acceptors (Lipinski definition) is 4. The van der Waals surface area contributed by atoms with E-state index in [0.29, 0.717) is 23.0 Å². The van der Waals surface area contributed by atoms with Crippen LogP contribution in [0, 0.1) is 11.3 Å². The van der Waals surface area contributed by atoms with Crippen molar-refractivity contribution in [1.29, 1.82) is 5.26 Å². The van der Waals surface area contributed by atoms with Crippen molar-refractivity contribution in [2.45, 2.75) is 6.54 Å². The first kappa shape index (κ1) is 12.5. The van der Waals surface area contributed by atoms with Gasteiger partial charge in [-0.1, -0.05) is 35.0 Å². The Kier molecular flexibility index (Phi) is 3.23. The zero-order chi connectivity index (χ0) is 13.9. The maximum atomic E-state index is 9.12. The molecule has 0 aliphatic carbocycles. The fourth-order valence-corrected chi connectivity index (χ4v) is 2.14. The van der Waals surface area contributed by atoms with Gasteiger partial charge in [-0.2, -0.15) is 5.26 Å². The molecule has 0 atom stereocenters. The summed E-state index contributed by atoms with van der Waals surface area (Å²) in [6.45, 7) is 0.421. The molecule has 0 bridgehead atoms. The Hall–Kier alpha value is -2.58. The normalized spacial score (nSPS) is 10.4. The van der Waals surface area contributed by atoms with Crippen molar-refractivity contribution >= 4 is 11.6 Å². The lowest BCUT2D eigenvalue weighted by molar-refractivity contribution is 0.566. The largest absolute Gasteiger partial charge is 0.463 e. The molecule has 20 heavy (non-hydrogen) atoms. The van der Waals surface area contributed by atoms with E-state index < -0.39 is 0 Å². The molecule has 0 spiro atoms. The summed E-state index contributed by atoms with van der Waals surface area (Å²) in [4.78, 5) is 0. The van der Waals surface area contributed by atoms with Gasteiger partial charge in [-0.25, -0.2) is 4.68 Å². The summed E-state index contributed by atoms with van der Waals surface area (Å²) in [6.07, 6.45) is 1.54. The number of furan rings is 1. The smallest absolute Gasteiger partial charge is 0.193 e. The van der Waals surface area contributed by atoms with Gasteiger partial charge >= 0.3 is 0 Å². The Morgan fingerprint density at radius 1 is 1.25 bits per heavy atom. The van der Waals surface area contributed by atoms with Crippen LogP contribution < -0.4 is 0 Å². The van der Waals surface area contributed by atoms with Crippen molar-refractivity contribution in [3.63, 3.8) is 0 Å². The molecule has 6 heteroatoms. The maximum Gasteiger partial charge on any atom is 0.193 e. The average molecular weight is 285 g/mol. The molecule has 98 valence electrons. The second-order valence-corrected chi connectivity index (χ2v) is 4.53. The average Bonchev–Trinajstić information content (AvgIpc) is 3.09. The van der Waals surface area contributed by atoms with E-state index in [1.54, 1.807) is 23.1 Å². The van der Waals surface area contributed by atoms with Gasteiger partial charge in [0.25, 0.3) is 0 Å². The second-order valence-electron chi connectivity index (χ2n) is 4.12. The van der Waals surface area contributed by atoms with Gasteiger partial charge in [0, 0.05) is 5.02 Å². The summed E-state index contributed by atoms with van der Waals surface area (Å²) in [5.74, 6) is 0.554. The van der Waals surface area contributed by atoms with Gasteiger partial charge < -0.3 is 4.42 Å². The molecule has 2 heterocycles. The Morgan fingerprint density at radius 2 is 2.10 bits per heavy atom. The van der Waals surface area contributed by atoms with Crippen LogP contribution >= 0.6 is 11.6 Å². The number of halogens is 1. The molecule has 0 fully saturated rings. The summed E-state index contributed by atoms with van der Waals surface area (Å²) < 4.78 is 6.95. The van der Waals surface area contributed by atoms with Crippen LogP contribution in [0.3, 0.4) is 0 Å². The van der Waals surface area contributed by atoms with E-state index in [-0.39, 0.29) is 5.69 Å². The Morgan fingerprint density at radius 3 is 2.80 bits per heavy atom. The molecule has 0 radical (unpaired) electrons. The van der Waals surface area contributed by atoms with E-state index in [1.807, 2.05) is 30.3 Å². The monoisotopic (exact) mass is 284 g/mol. The second kappa shape index (κ2) is 5.19. The highest BCUT2D eigenvalue weighted by Crippen LogP contribution is 2.24. The minimum absolute atomic E-state index is 0.229. The number of nitriles is 1. The van der Waals surface area contributed by atoms with Gasteiger partial charge in [0.2, 0.25) is 0 Å². The maximum absolute atomic E-state index is 9.12. The SMILES string of the molecule is N#Cc1nnn(Cc2ccccc2Cl)c1-c1ccco1. The first-order valence-electron chi connectivity index (χ1n) is 5.90. The van der Waals surface area contributed by atoms with Crippen LogP contribution in [0.2, 0.25) is 5.02 Å². The quantitative estimate of drug-likeness (QED) is 0.741. The van der Waals surface area contributed by atoms with E-state index in [1.165, 1.54) is 0 Å². The highest BCUT2D eigenvalue weighted by atomic mass is 35.5. The predicted octanol–water partition coefficient (Wildman–Crippen LogP) is 3.11. The molecule has 0 N–H and O–H groups in total. The van der Waals surface area contributed by atoms with Crippen LogP contribution in [0.15, 0.2) is 47.1 Å². The van der Waals surface area contributed by atoms with E-state index in [2.05, 4.69) is 10.3 Å². The Balaban J connectivity index is 2.06.